The molecular formula is C16H21N3O. The highest BCUT2D eigenvalue weighted by Crippen LogP contribution is 2.35. The molecule has 0 radical (unpaired) electrons. The Bertz CT molecular complexity index is 511. The minimum atomic E-state index is -0.445. The monoisotopic (exact) mass is 271 g/mol. The molecule has 3 N–H and O–H groups in total. The standard InChI is InChI=1S/C16H21N3O/c17-11-13-6-5-7-14(10-13)19-15(20)16(12-18)8-3-1-2-4-9-16/h5-7,10H,1-4,8-9,12,18H2,(H,19,20). The molecule has 0 heterocycles. The average molecular weight is 271 g/mol. The van der Waals surface area contributed by atoms with Gasteiger partial charge in [0, 0.05) is 12.2 Å². The Hall–Kier alpha value is -1.86. The van der Waals surface area contributed by atoms with Crippen molar-refractivity contribution < 1.29 is 4.79 Å². The van der Waals surface area contributed by atoms with E-state index in [1.165, 1.54) is 12.8 Å². The van der Waals surface area contributed by atoms with Crippen LogP contribution in [0.4, 0.5) is 5.69 Å². The number of nitriles is 1. The van der Waals surface area contributed by atoms with Crippen molar-refractivity contribution in [3.63, 3.8) is 0 Å². The van der Waals surface area contributed by atoms with E-state index in [0.717, 1.165) is 25.7 Å². The van der Waals surface area contributed by atoms with E-state index in [4.69, 9.17) is 11.0 Å². The molecule has 0 aromatic heterocycles. The number of carbonyl (C=O) groups excluding carboxylic acids is 1. The largest absolute Gasteiger partial charge is 0.329 e. The summed E-state index contributed by atoms with van der Waals surface area (Å²) in [6.07, 6.45) is 6.18. The number of carbonyl (C=O) groups is 1. The molecule has 106 valence electrons. The van der Waals surface area contributed by atoms with Crippen LogP contribution in [0, 0.1) is 16.7 Å². The molecule has 0 bridgehead atoms. The molecule has 0 spiro atoms. The maximum absolute atomic E-state index is 12.6. The van der Waals surface area contributed by atoms with Crippen molar-refractivity contribution in [2.45, 2.75) is 38.5 Å². The Labute approximate surface area is 120 Å². The molecule has 0 aliphatic heterocycles. The summed E-state index contributed by atoms with van der Waals surface area (Å²) in [6.45, 7) is 0.386. The number of hydrogen-bond acceptors (Lipinski definition) is 3. The van der Waals surface area contributed by atoms with Crippen LogP contribution in [0.3, 0.4) is 0 Å². The van der Waals surface area contributed by atoms with Gasteiger partial charge >= 0.3 is 0 Å². The number of nitrogens with zero attached hydrogens (tertiary/aromatic N) is 1. The Morgan fingerprint density at radius 1 is 1.30 bits per heavy atom. The molecule has 1 aromatic rings. The van der Waals surface area contributed by atoms with Gasteiger partial charge in [-0.05, 0) is 31.0 Å². The number of anilines is 1. The first-order valence-electron chi connectivity index (χ1n) is 7.22. The van der Waals surface area contributed by atoms with E-state index < -0.39 is 5.41 Å². The fraction of sp³-hybridized carbons (Fsp3) is 0.500. The Morgan fingerprint density at radius 2 is 2.00 bits per heavy atom. The number of hydrogen-bond donors (Lipinski definition) is 2. The molecule has 4 nitrogen and oxygen atoms in total. The van der Waals surface area contributed by atoms with Gasteiger partial charge in [-0.1, -0.05) is 31.7 Å². The predicted octanol–water partition coefficient (Wildman–Crippen LogP) is 2.80. The van der Waals surface area contributed by atoms with Crippen molar-refractivity contribution in [1.29, 1.82) is 5.26 Å². The lowest BCUT2D eigenvalue weighted by Crippen LogP contribution is -2.42. The first kappa shape index (κ1) is 14.5. The highest BCUT2D eigenvalue weighted by Gasteiger charge is 2.37. The van der Waals surface area contributed by atoms with Gasteiger partial charge in [0.1, 0.15) is 0 Å². The smallest absolute Gasteiger partial charge is 0.231 e. The second kappa shape index (κ2) is 6.53. The number of benzene rings is 1. The molecular weight excluding hydrogens is 250 g/mol. The topological polar surface area (TPSA) is 78.9 Å². The van der Waals surface area contributed by atoms with E-state index >= 15 is 0 Å². The molecule has 0 unspecified atom stereocenters. The van der Waals surface area contributed by atoms with Gasteiger partial charge in [-0.15, -0.1) is 0 Å². The van der Waals surface area contributed by atoms with Gasteiger partial charge in [-0.2, -0.15) is 5.26 Å². The van der Waals surface area contributed by atoms with Crippen LogP contribution in [0.2, 0.25) is 0 Å². The zero-order chi connectivity index (χ0) is 14.4. The van der Waals surface area contributed by atoms with Gasteiger partial charge in [-0.3, -0.25) is 4.79 Å². The van der Waals surface area contributed by atoms with Gasteiger partial charge in [0.15, 0.2) is 0 Å². The molecule has 4 heteroatoms. The van der Waals surface area contributed by atoms with Crippen molar-refractivity contribution in [3.05, 3.63) is 29.8 Å². The first-order chi connectivity index (χ1) is 9.70. The second-order valence-electron chi connectivity index (χ2n) is 5.55. The Morgan fingerprint density at radius 3 is 2.60 bits per heavy atom. The second-order valence-corrected chi connectivity index (χ2v) is 5.55. The SMILES string of the molecule is N#Cc1cccc(NC(=O)C2(CN)CCCCCC2)c1. The highest BCUT2D eigenvalue weighted by molar-refractivity contribution is 5.95. The summed E-state index contributed by atoms with van der Waals surface area (Å²) >= 11 is 0. The molecule has 1 aliphatic rings. The lowest BCUT2D eigenvalue weighted by atomic mass is 9.79. The van der Waals surface area contributed by atoms with E-state index in [1.807, 2.05) is 0 Å². The average Bonchev–Trinajstić information content (AvgIpc) is 2.74. The first-order valence-corrected chi connectivity index (χ1v) is 7.22. The summed E-state index contributed by atoms with van der Waals surface area (Å²) in [5.41, 5.74) is 6.68. The third-order valence-electron chi connectivity index (χ3n) is 4.18. The van der Waals surface area contributed by atoms with Crippen molar-refractivity contribution in [2.75, 3.05) is 11.9 Å². The van der Waals surface area contributed by atoms with Crippen LogP contribution in [0.5, 0.6) is 0 Å². The van der Waals surface area contributed by atoms with Crippen molar-refractivity contribution in [2.24, 2.45) is 11.1 Å². The summed E-state index contributed by atoms with van der Waals surface area (Å²) < 4.78 is 0. The van der Waals surface area contributed by atoms with E-state index in [-0.39, 0.29) is 5.91 Å². The number of rotatable bonds is 3. The summed E-state index contributed by atoms with van der Waals surface area (Å²) in [4.78, 5) is 12.6. The van der Waals surface area contributed by atoms with Crippen LogP contribution in [-0.2, 0) is 4.79 Å². The fourth-order valence-electron chi connectivity index (χ4n) is 2.86. The maximum Gasteiger partial charge on any atom is 0.231 e. The van der Waals surface area contributed by atoms with Crippen LogP contribution < -0.4 is 11.1 Å². The third-order valence-corrected chi connectivity index (χ3v) is 4.18. The van der Waals surface area contributed by atoms with E-state index in [9.17, 15) is 4.79 Å². The summed E-state index contributed by atoms with van der Waals surface area (Å²) in [5, 5.41) is 11.8. The van der Waals surface area contributed by atoms with E-state index in [0.29, 0.717) is 17.8 Å². The van der Waals surface area contributed by atoms with Crippen LogP contribution >= 0.6 is 0 Å². The zero-order valence-electron chi connectivity index (χ0n) is 11.7. The lowest BCUT2D eigenvalue weighted by Gasteiger charge is -2.29. The maximum atomic E-state index is 12.6. The summed E-state index contributed by atoms with van der Waals surface area (Å²) in [5.74, 6) is -0.00279. The summed E-state index contributed by atoms with van der Waals surface area (Å²) in [6, 6.07) is 9.07. The minimum Gasteiger partial charge on any atom is -0.329 e. The molecule has 2 rings (SSSR count). The van der Waals surface area contributed by atoms with Crippen LogP contribution in [-0.4, -0.2) is 12.5 Å². The molecule has 0 saturated heterocycles. The Kier molecular flexibility index (Phi) is 4.75. The van der Waals surface area contributed by atoms with Crippen LogP contribution in [0.25, 0.3) is 0 Å². The zero-order valence-corrected chi connectivity index (χ0v) is 11.7. The van der Waals surface area contributed by atoms with Crippen LogP contribution in [0.1, 0.15) is 44.1 Å². The molecule has 1 amide bonds. The van der Waals surface area contributed by atoms with E-state index in [1.54, 1.807) is 24.3 Å². The predicted molar refractivity (Wildman–Crippen MR) is 79.0 cm³/mol. The van der Waals surface area contributed by atoms with E-state index in [2.05, 4.69) is 11.4 Å². The third kappa shape index (κ3) is 3.17. The fourth-order valence-corrected chi connectivity index (χ4v) is 2.86. The van der Waals surface area contributed by atoms with Crippen LogP contribution in [0.15, 0.2) is 24.3 Å². The van der Waals surface area contributed by atoms with Crippen molar-refractivity contribution >= 4 is 11.6 Å². The normalized spacial score (nSPS) is 17.8. The Balaban J connectivity index is 2.14. The van der Waals surface area contributed by atoms with Crippen molar-refractivity contribution in [3.8, 4) is 6.07 Å². The van der Waals surface area contributed by atoms with Gasteiger partial charge < -0.3 is 11.1 Å². The van der Waals surface area contributed by atoms with Gasteiger partial charge in [0.05, 0.1) is 17.0 Å². The quantitative estimate of drug-likeness (QED) is 0.830. The van der Waals surface area contributed by atoms with Crippen molar-refractivity contribution in [1.82, 2.24) is 0 Å². The number of amides is 1. The van der Waals surface area contributed by atoms with Gasteiger partial charge in [0.25, 0.3) is 0 Å². The molecule has 1 fully saturated rings. The summed E-state index contributed by atoms with van der Waals surface area (Å²) in [7, 11) is 0. The van der Waals surface area contributed by atoms with Gasteiger partial charge in [-0.25, -0.2) is 0 Å². The number of nitrogens with two attached hydrogens (primary N) is 1. The highest BCUT2D eigenvalue weighted by atomic mass is 16.2. The molecule has 20 heavy (non-hydrogen) atoms. The number of nitrogens with one attached hydrogen (secondary N) is 1. The minimum absolute atomic E-state index is 0.00279. The molecule has 1 aromatic carbocycles. The molecule has 0 atom stereocenters. The lowest BCUT2D eigenvalue weighted by molar-refractivity contribution is -0.125. The molecule has 1 saturated carbocycles. The van der Waals surface area contributed by atoms with Gasteiger partial charge in [0.2, 0.25) is 5.91 Å². The molecule has 1 aliphatic carbocycles.